The number of methoxy groups -OCH3 is 1. The number of urea groups is 1. The zero-order valence-electron chi connectivity index (χ0n) is 14.6. The summed E-state index contributed by atoms with van der Waals surface area (Å²) in [6.45, 7) is 1.59. The third kappa shape index (κ3) is 3.89. The number of carbonyl (C=O) groups is 2. The number of benzene rings is 2. The molecular weight excluding hydrogens is 356 g/mol. The van der Waals surface area contributed by atoms with Gasteiger partial charge in [0.15, 0.2) is 11.6 Å². The molecule has 0 saturated carbocycles. The summed E-state index contributed by atoms with van der Waals surface area (Å²) in [5.41, 5.74) is 1.33. The minimum absolute atomic E-state index is 0.0977. The molecular formula is C19H17F2N3O3. The van der Waals surface area contributed by atoms with Crippen LogP contribution in [0.5, 0.6) is 5.75 Å². The van der Waals surface area contributed by atoms with E-state index in [-0.39, 0.29) is 11.3 Å². The minimum atomic E-state index is -1.07. The standard InChI is InChI=1S/C19H17F2N3O3/c1-10-16(18(25)23-12-6-7-14(20)15(21)9-12)17(24-19(26)22-10)11-4-3-5-13(8-11)27-2/h3-9,17H,1-2H3,(H,23,25)(H2,22,24,26)/t17-/m0/s1. The summed E-state index contributed by atoms with van der Waals surface area (Å²) in [6, 6.07) is 8.80. The van der Waals surface area contributed by atoms with Gasteiger partial charge >= 0.3 is 6.03 Å². The van der Waals surface area contributed by atoms with Crippen molar-refractivity contribution < 1.29 is 23.1 Å². The van der Waals surface area contributed by atoms with Crippen molar-refractivity contribution in [2.75, 3.05) is 12.4 Å². The van der Waals surface area contributed by atoms with Crippen LogP contribution in [0.15, 0.2) is 53.7 Å². The Labute approximate surface area is 154 Å². The van der Waals surface area contributed by atoms with Crippen molar-refractivity contribution in [2.24, 2.45) is 0 Å². The summed E-state index contributed by atoms with van der Waals surface area (Å²) in [6.07, 6.45) is 0. The van der Waals surface area contributed by atoms with Crippen molar-refractivity contribution in [1.29, 1.82) is 0 Å². The largest absolute Gasteiger partial charge is 0.497 e. The number of halogens is 2. The highest BCUT2D eigenvalue weighted by atomic mass is 19.2. The minimum Gasteiger partial charge on any atom is -0.497 e. The lowest BCUT2D eigenvalue weighted by Gasteiger charge is -2.28. The van der Waals surface area contributed by atoms with Gasteiger partial charge in [0.05, 0.1) is 18.7 Å². The van der Waals surface area contributed by atoms with Crippen LogP contribution in [-0.4, -0.2) is 19.0 Å². The number of anilines is 1. The second-order valence-corrected chi connectivity index (χ2v) is 5.93. The van der Waals surface area contributed by atoms with E-state index in [2.05, 4.69) is 16.0 Å². The van der Waals surface area contributed by atoms with Crippen LogP contribution in [0.2, 0.25) is 0 Å². The molecule has 2 aromatic rings. The van der Waals surface area contributed by atoms with Gasteiger partial charge in [0.2, 0.25) is 0 Å². The van der Waals surface area contributed by atoms with Crippen LogP contribution >= 0.6 is 0 Å². The Hall–Kier alpha value is -3.42. The van der Waals surface area contributed by atoms with E-state index in [9.17, 15) is 18.4 Å². The SMILES string of the molecule is COc1cccc([C@@H]2NC(=O)NC(C)=C2C(=O)Nc2ccc(F)c(F)c2)c1. The molecule has 0 bridgehead atoms. The van der Waals surface area contributed by atoms with E-state index in [1.165, 1.54) is 13.2 Å². The van der Waals surface area contributed by atoms with E-state index >= 15 is 0 Å². The van der Waals surface area contributed by atoms with E-state index in [1.54, 1.807) is 31.2 Å². The Bertz CT molecular complexity index is 944. The Kier molecular flexibility index (Phi) is 5.07. The molecule has 0 fully saturated rings. The summed E-state index contributed by atoms with van der Waals surface area (Å²) < 4.78 is 31.7. The highest BCUT2D eigenvalue weighted by molar-refractivity contribution is 6.06. The lowest BCUT2D eigenvalue weighted by atomic mass is 9.94. The van der Waals surface area contributed by atoms with Gasteiger partial charge < -0.3 is 20.7 Å². The quantitative estimate of drug-likeness (QED) is 0.770. The molecule has 6 nitrogen and oxygen atoms in total. The Balaban J connectivity index is 1.95. The molecule has 0 spiro atoms. The van der Waals surface area contributed by atoms with Gasteiger partial charge in [0, 0.05) is 17.5 Å². The van der Waals surface area contributed by atoms with Gasteiger partial charge in [0.1, 0.15) is 5.75 Å². The van der Waals surface area contributed by atoms with Gasteiger partial charge in [-0.3, -0.25) is 4.79 Å². The molecule has 140 valence electrons. The second kappa shape index (κ2) is 7.45. The average Bonchev–Trinajstić information content (AvgIpc) is 2.64. The maximum Gasteiger partial charge on any atom is 0.319 e. The van der Waals surface area contributed by atoms with Crippen LogP contribution in [0, 0.1) is 11.6 Å². The molecule has 1 aliphatic rings. The van der Waals surface area contributed by atoms with Gasteiger partial charge in [-0.15, -0.1) is 0 Å². The maximum atomic E-state index is 13.4. The van der Waals surface area contributed by atoms with E-state index in [0.29, 0.717) is 17.0 Å². The Morgan fingerprint density at radius 2 is 1.93 bits per heavy atom. The van der Waals surface area contributed by atoms with Gasteiger partial charge in [-0.25, -0.2) is 13.6 Å². The second-order valence-electron chi connectivity index (χ2n) is 5.93. The predicted octanol–water partition coefficient (Wildman–Crippen LogP) is 3.24. The summed E-state index contributed by atoms with van der Waals surface area (Å²) >= 11 is 0. The highest BCUT2D eigenvalue weighted by Crippen LogP contribution is 2.29. The number of allylic oxidation sites excluding steroid dienone is 1. The number of nitrogens with one attached hydrogen (secondary N) is 3. The monoisotopic (exact) mass is 373 g/mol. The van der Waals surface area contributed by atoms with Crippen molar-refractivity contribution >= 4 is 17.6 Å². The zero-order valence-corrected chi connectivity index (χ0v) is 14.6. The van der Waals surface area contributed by atoms with Gasteiger partial charge in [-0.1, -0.05) is 12.1 Å². The van der Waals surface area contributed by atoms with Crippen molar-refractivity contribution in [2.45, 2.75) is 13.0 Å². The van der Waals surface area contributed by atoms with Gasteiger partial charge in [-0.2, -0.15) is 0 Å². The molecule has 0 aliphatic carbocycles. The first-order valence-electron chi connectivity index (χ1n) is 8.07. The van der Waals surface area contributed by atoms with Crippen LogP contribution in [0.1, 0.15) is 18.5 Å². The number of rotatable bonds is 4. The molecule has 0 radical (unpaired) electrons. The Morgan fingerprint density at radius 1 is 1.15 bits per heavy atom. The smallest absolute Gasteiger partial charge is 0.319 e. The summed E-state index contributed by atoms with van der Waals surface area (Å²) in [5, 5.41) is 7.77. The fraction of sp³-hybridized carbons (Fsp3) is 0.158. The molecule has 3 N–H and O–H groups in total. The molecule has 0 aromatic heterocycles. The molecule has 1 heterocycles. The third-order valence-corrected chi connectivity index (χ3v) is 4.12. The molecule has 1 aliphatic heterocycles. The van der Waals surface area contributed by atoms with Crippen molar-refractivity contribution in [1.82, 2.24) is 10.6 Å². The zero-order chi connectivity index (χ0) is 19.6. The molecule has 0 unspecified atom stereocenters. The van der Waals surface area contributed by atoms with Gasteiger partial charge in [-0.05, 0) is 36.8 Å². The normalized spacial score (nSPS) is 16.4. The van der Waals surface area contributed by atoms with E-state index < -0.39 is 29.6 Å². The molecule has 1 atom stereocenters. The van der Waals surface area contributed by atoms with Crippen molar-refractivity contribution in [3.63, 3.8) is 0 Å². The number of hydrogen-bond donors (Lipinski definition) is 3. The highest BCUT2D eigenvalue weighted by Gasteiger charge is 2.31. The number of carbonyl (C=O) groups excluding carboxylic acids is 2. The summed E-state index contributed by atoms with van der Waals surface area (Å²) in [5.74, 6) is -2.07. The van der Waals surface area contributed by atoms with Crippen molar-refractivity contribution in [3.8, 4) is 5.75 Å². The van der Waals surface area contributed by atoms with Crippen LogP contribution in [0.4, 0.5) is 19.3 Å². The predicted molar refractivity (Wildman–Crippen MR) is 95.1 cm³/mol. The average molecular weight is 373 g/mol. The Morgan fingerprint density at radius 3 is 2.63 bits per heavy atom. The number of ether oxygens (including phenoxy) is 1. The first-order valence-corrected chi connectivity index (χ1v) is 8.07. The third-order valence-electron chi connectivity index (χ3n) is 4.12. The van der Waals surface area contributed by atoms with E-state index in [4.69, 9.17) is 4.74 Å². The molecule has 27 heavy (non-hydrogen) atoms. The molecule has 8 heteroatoms. The van der Waals surface area contributed by atoms with Crippen LogP contribution < -0.4 is 20.7 Å². The van der Waals surface area contributed by atoms with Crippen LogP contribution in [-0.2, 0) is 4.79 Å². The van der Waals surface area contributed by atoms with E-state index in [0.717, 1.165) is 12.1 Å². The maximum absolute atomic E-state index is 13.4. The lowest BCUT2D eigenvalue weighted by Crippen LogP contribution is -2.45. The van der Waals surface area contributed by atoms with Crippen LogP contribution in [0.25, 0.3) is 0 Å². The summed E-state index contributed by atoms with van der Waals surface area (Å²) in [4.78, 5) is 24.7. The first kappa shape index (κ1) is 18.4. The van der Waals surface area contributed by atoms with Gasteiger partial charge in [0.25, 0.3) is 5.91 Å². The van der Waals surface area contributed by atoms with Crippen molar-refractivity contribution in [3.05, 3.63) is 70.9 Å². The molecule has 2 aromatic carbocycles. The topological polar surface area (TPSA) is 79.5 Å². The first-order chi connectivity index (χ1) is 12.9. The van der Waals surface area contributed by atoms with E-state index in [1.807, 2.05) is 0 Å². The van der Waals surface area contributed by atoms with Crippen LogP contribution in [0.3, 0.4) is 0 Å². The molecule has 3 amide bonds. The summed E-state index contributed by atoms with van der Waals surface area (Å²) in [7, 11) is 1.51. The number of amides is 3. The molecule has 0 saturated heterocycles. The lowest BCUT2D eigenvalue weighted by molar-refractivity contribution is -0.113. The fourth-order valence-electron chi connectivity index (χ4n) is 2.84. The fourth-order valence-corrected chi connectivity index (χ4v) is 2.84. The molecule has 3 rings (SSSR count). The number of hydrogen-bond acceptors (Lipinski definition) is 3.